The molecule has 0 saturated carbocycles. The molecule has 0 atom stereocenters. The molecule has 8 nitrogen and oxygen atoms in total. The third kappa shape index (κ3) is 5.66. The van der Waals surface area contributed by atoms with Crippen molar-refractivity contribution in [3.8, 4) is 5.75 Å². The van der Waals surface area contributed by atoms with E-state index in [0.29, 0.717) is 31.9 Å². The van der Waals surface area contributed by atoms with Gasteiger partial charge in [0.1, 0.15) is 5.75 Å². The number of nitrogens with one attached hydrogen (secondary N) is 1. The van der Waals surface area contributed by atoms with Crippen LogP contribution in [0, 0.1) is 0 Å². The number of amides is 1. The maximum atomic E-state index is 12.7. The molecule has 0 bridgehead atoms. The molecule has 1 heterocycles. The fourth-order valence-corrected chi connectivity index (χ4v) is 4.76. The third-order valence-corrected chi connectivity index (χ3v) is 7.12. The van der Waals surface area contributed by atoms with Gasteiger partial charge in [-0.1, -0.05) is 28.1 Å². The number of benzene rings is 2. The number of hydrogen-bond acceptors (Lipinski definition) is 6. The highest BCUT2D eigenvalue weighted by Gasteiger charge is 2.28. The molecule has 1 fully saturated rings. The number of methoxy groups -OCH3 is 1. The number of carbonyl (C=O) groups is 1. The minimum absolute atomic E-state index is 0.148. The number of carbonyl (C=O) groups excluding carboxylic acids is 1. The van der Waals surface area contributed by atoms with Crippen LogP contribution in [0.3, 0.4) is 0 Å². The van der Waals surface area contributed by atoms with Crippen molar-refractivity contribution < 1.29 is 17.9 Å². The average molecular weight is 495 g/mol. The minimum Gasteiger partial charge on any atom is -0.496 e. The first-order valence-corrected chi connectivity index (χ1v) is 11.6. The molecule has 1 aliphatic rings. The number of para-hydroxylation sites is 1. The van der Waals surface area contributed by atoms with Gasteiger partial charge in [0.25, 0.3) is 5.91 Å². The molecule has 3 rings (SSSR count). The number of hydrazone groups is 1. The number of hydrogen-bond donors (Lipinski definition) is 1. The van der Waals surface area contributed by atoms with Crippen LogP contribution in [0.4, 0.5) is 0 Å². The number of halogens is 1. The summed E-state index contributed by atoms with van der Waals surface area (Å²) in [5, 5.41) is 3.98. The first kappa shape index (κ1) is 22.4. The van der Waals surface area contributed by atoms with Crippen molar-refractivity contribution in [2.24, 2.45) is 5.10 Å². The molecule has 0 unspecified atom stereocenters. The van der Waals surface area contributed by atoms with Crippen molar-refractivity contribution in [1.82, 2.24) is 14.6 Å². The second-order valence-corrected chi connectivity index (χ2v) is 9.52. The van der Waals surface area contributed by atoms with Crippen LogP contribution in [0.1, 0.15) is 5.56 Å². The van der Waals surface area contributed by atoms with Crippen LogP contribution in [0.5, 0.6) is 5.75 Å². The van der Waals surface area contributed by atoms with E-state index in [-0.39, 0.29) is 17.3 Å². The second kappa shape index (κ2) is 10.2. The van der Waals surface area contributed by atoms with Crippen molar-refractivity contribution in [3.63, 3.8) is 0 Å². The Balaban J connectivity index is 1.49. The molecular formula is C20H23BrN4O4S. The molecule has 30 heavy (non-hydrogen) atoms. The lowest BCUT2D eigenvalue weighted by atomic mass is 10.2. The Morgan fingerprint density at radius 3 is 2.47 bits per heavy atom. The largest absolute Gasteiger partial charge is 0.496 e. The summed E-state index contributed by atoms with van der Waals surface area (Å²) in [5.74, 6) is 0.406. The molecule has 2 aromatic carbocycles. The molecule has 0 spiro atoms. The summed E-state index contributed by atoms with van der Waals surface area (Å²) in [5.41, 5.74) is 3.26. The third-order valence-electron chi connectivity index (χ3n) is 4.68. The van der Waals surface area contributed by atoms with Crippen molar-refractivity contribution >= 4 is 38.1 Å². The van der Waals surface area contributed by atoms with E-state index in [0.717, 1.165) is 10.0 Å². The van der Waals surface area contributed by atoms with Crippen LogP contribution >= 0.6 is 15.9 Å². The zero-order valence-electron chi connectivity index (χ0n) is 16.5. The zero-order chi connectivity index (χ0) is 21.6. The lowest BCUT2D eigenvalue weighted by Crippen LogP contribution is -2.50. The van der Waals surface area contributed by atoms with E-state index in [9.17, 15) is 13.2 Å². The molecule has 0 aromatic heterocycles. The van der Waals surface area contributed by atoms with Crippen LogP contribution in [0.2, 0.25) is 0 Å². The minimum atomic E-state index is -3.53. The summed E-state index contributed by atoms with van der Waals surface area (Å²) < 4.78 is 33.0. The fourth-order valence-electron chi connectivity index (χ4n) is 3.07. The number of sulfonamides is 1. The van der Waals surface area contributed by atoms with Gasteiger partial charge in [-0.15, -0.1) is 0 Å². The summed E-state index contributed by atoms with van der Waals surface area (Å²) in [4.78, 5) is 14.3. The Labute approximate surface area is 184 Å². The summed E-state index contributed by atoms with van der Waals surface area (Å²) in [7, 11) is -1.96. The van der Waals surface area contributed by atoms with E-state index in [1.54, 1.807) is 31.4 Å². The molecule has 1 N–H and O–H groups in total. The number of rotatable bonds is 7. The van der Waals surface area contributed by atoms with E-state index >= 15 is 0 Å². The van der Waals surface area contributed by atoms with Gasteiger partial charge in [0.15, 0.2) is 0 Å². The van der Waals surface area contributed by atoms with Gasteiger partial charge in [-0.2, -0.15) is 9.41 Å². The van der Waals surface area contributed by atoms with E-state index in [1.165, 1.54) is 10.5 Å². The van der Waals surface area contributed by atoms with Gasteiger partial charge < -0.3 is 4.74 Å². The topological polar surface area (TPSA) is 91.3 Å². The number of ether oxygens (including phenoxy) is 1. The first-order valence-electron chi connectivity index (χ1n) is 9.33. The summed E-state index contributed by atoms with van der Waals surface area (Å²) in [6.07, 6.45) is 1.53. The maximum Gasteiger partial charge on any atom is 0.254 e. The van der Waals surface area contributed by atoms with E-state index in [2.05, 4.69) is 26.5 Å². The Morgan fingerprint density at radius 1 is 1.13 bits per heavy atom. The van der Waals surface area contributed by atoms with Gasteiger partial charge in [0.2, 0.25) is 10.0 Å². The molecule has 0 radical (unpaired) electrons. The van der Waals surface area contributed by atoms with Crippen LogP contribution in [-0.4, -0.2) is 69.6 Å². The van der Waals surface area contributed by atoms with E-state index in [4.69, 9.17) is 4.74 Å². The van der Waals surface area contributed by atoms with Gasteiger partial charge in [-0.3, -0.25) is 9.69 Å². The Bertz CT molecular complexity index is 1000. The van der Waals surface area contributed by atoms with Gasteiger partial charge in [0.05, 0.1) is 24.8 Å². The van der Waals surface area contributed by atoms with E-state index in [1.807, 2.05) is 29.2 Å². The second-order valence-electron chi connectivity index (χ2n) is 6.67. The highest BCUT2D eigenvalue weighted by Crippen LogP contribution is 2.20. The van der Waals surface area contributed by atoms with Crippen LogP contribution in [-0.2, 0) is 14.8 Å². The SMILES string of the molecule is COc1ccccc1C=NNC(=O)CN1CCN(S(=O)(=O)c2ccc(Br)cc2)CC1. The molecule has 1 aliphatic heterocycles. The zero-order valence-corrected chi connectivity index (χ0v) is 18.9. The lowest BCUT2D eigenvalue weighted by Gasteiger charge is -2.33. The van der Waals surface area contributed by atoms with E-state index < -0.39 is 10.0 Å². The molecular weight excluding hydrogens is 472 g/mol. The molecule has 0 aliphatic carbocycles. The standard InChI is InChI=1S/C20H23BrN4O4S/c1-29-19-5-3-2-4-16(19)14-22-23-20(26)15-24-10-12-25(13-11-24)30(27,28)18-8-6-17(21)7-9-18/h2-9,14H,10-13,15H2,1H3,(H,23,26). The highest BCUT2D eigenvalue weighted by molar-refractivity contribution is 9.10. The quantitative estimate of drug-likeness (QED) is 0.468. The predicted molar refractivity (Wildman–Crippen MR) is 118 cm³/mol. The number of nitrogens with zero attached hydrogens (tertiary/aromatic N) is 3. The monoisotopic (exact) mass is 494 g/mol. The lowest BCUT2D eigenvalue weighted by molar-refractivity contribution is -0.122. The van der Waals surface area contributed by atoms with Gasteiger partial charge in [-0.25, -0.2) is 13.8 Å². The highest BCUT2D eigenvalue weighted by atomic mass is 79.9. The molecule has 1 amide bonds. The summed E-state index contributed by atoms with van der Waals surface area (Å²) in [6, 6.07) is 13.9. The summed E-state index contributed by atoms with van der Waals surface area (Å²) in [6.45, 7) is 1.75. The summed E-state index contributed by atoms with van der Waals surface area (Å²) >= 11 is 3.31. The molecule has 1 saturated heterocycles. The van der Waals surface area contributed by atoms with Crippen molar-refractivity contribution in [3.05, 3.63) is 58.6 Å². The van der Waals surface area contributed by atoms with Crippen LogP contribution in [0.25, 0.3) is 0 Å². The van der Waals surface area contributed by atoms with Gasteiger partial charge >= 0.3 is 0 Å². The molecule has 10 heteroatoms. The normalized spacial score (nSPS) is 15.9. The van der Waals surface area contributed by atoms with Crippen molar-refractivity contribution in [2.75, 3.05) is 39.8 Å². The Morgan fingerprint density at radius 2 is 1.80 bits per heavy atom. The molecule has 2 aromatic rings. The van der Waals surface area contributed by atoms with Gasteiger partial charge in [0, 0.05) is 36.2 Å². The smallest absolute Gasteiger partial charge is 0.254 e. The molecule has 160 valence electrons. The fraction of sp³-hybridized carbons (Fsp3) is 0.300. The number of piperazine rings is 1. The Kier molecular flexibility index (Phi) is 7.59. The average Bonchev–Trinajstić information content (AvgIpc) is 2.75. The van der Waals surface area contributed by atoms with Crippen molar-refractivity contribution in [2.45, 2.75) is 4.90 Å². The maximum absolute atomic E-state index is 12.7. The Hall–Kier alpha value is -2.27. The van der Waals surface area contributed by atoms with Crippen LogP contribution in [0.15, 0.2) is 63.0 Å². The van der Waals surface area contributed by atoms with Gasteiger partial charge in [-0.05, 0) is 36.4 Å². The van der Waals surface area contributed by atoms with Crippen LogP contribution < -0.4 is 10.2 Å². The van der Waals surface area contributed by atoms with Crippen molar-refractivity contribution in [1.29, 1.82) is 0 Å². The predicted octanol–water partition coefficient (Wildman–Crippen LogP) is 1.91. The first-order chi connectivity index (χ1) is 14.4.